The van der Waals surface area contributed by atoms with Crippen LogP contribution in [0.25, 0.3) is 0 Å². The second kappa shape index (κ2) is 7.32. The molecule has 0 unspecified atom stereocenters. The van der Waals surface area contributed by atoms with Crippen molar-refractivity contribution < 1.29 is 9.13 Å². The van der Waals surface area contributed by atoms with Crippen LogP contribution < -0.4 is 4.74 Å². The summed E-state index contributed by atoms with van der Waals surface area (Å²) in [6, 6.07) is 8.48. The fraction of sp³-hybridized carbons (Fsp3) is 0.529. The van der Waals surface area contributed by atoms with Crippen LogP contribution in [0.5, 0.6) is 5.75 Å². The molecule has 2 rings (SSSR count). The molecule has 19 heavy (non-hydrogen) atoms. The fourth-order valence-electron chi connectivity index (χ4n) is 3.06. The van der Waals surface area contributed by atoms with Gasteiger partial charge >= 0.3 is 0 Å². The van der Waals surface area contributed by atoms with Crippen molar-refractivity contribution in [1.29, 1.82) is 0 Å². The molecule has 1 aliphatic carbocycles. The topological polar surface area (TPSA) is 9.23 Å². The van der Waals surface area contributed by atoms with E-state index in [9.17, 15) is 4.39 Å². The summed E-state index contributed by atoms with van der Waals surface area (Å²) < 4.78 is 17.1. The number of methoxy groups -OCH3 is 1. The van der Waals surface area contributed by atoms with Crippen molar-refractivity contribution in [1.82, 2.24) is 0 Å². The zero-order chi connectivity index (χ0) is 13.5. The van der Waals surface area contributed by atoms with Gasteiger partial charge in [-0.1, -0.05) is 18.2 Å². The molecule has 2 heteroatoms. The maximum Gasteiger partial charge on any atom is 0.118 e. The first-order chi connectivity index (χ1) is 9.33. The van der Waals surface area contributed by atoms with Crippen LogP contribution in [0.1, 0.15) is 50.0 Å². The molecule has 0 heterocycles. The van der Waals surface area contributed by atoms with E-state index in [0.29, 0.717) is 12.2 Å². The summed E-state index contributed by atoms with van der Waals surface area (Å²) in [6.45, 7) is 0. The van der Waals surface area contributed by atoms with Crippen molar-refractivity contribution in [3.8, 4) is 5.75 Å². The molecule has 1 aliphatic rings. The van der Waals surface area contributed by atoms with Gasteiger partial charge < -0.3 is 4.74 Å². The number of rotatable bonds is 5. The van der Waals surface area contributed by atoms with Gasteiger partial charge in [0.15, 0.2) is 0 Å². The highest BCUT2D eigenvalue weighted by molar-refractivity contribution is 5.29. The lowest BCUT2D eigenvalue weighted by atomic mass is 9.77. The zero-order valence-corrected chi connectivity index (χ0v) is 11.6. The van der Waals surface area contributed by atoms with Crippen LogP contribution in [0.15, 0.2) is 36.7 Å². The quantitative estimate of drug-likeness (QED) is 0.705. The lowest BCUT2D eigenvalue weighted by Gasteiger charge is -2.28. The summed E-state index contributed by atoms with van der Waals surface area (Å²) >= 11 is 0. The Morgan fingerprint density at radius 3 is 2.42 bits per heavy atom. The molecular formula is C17H23FO. The number of halogens is 1. The Morgan fingerprint density at radius 1 is 1.16 bits per heavy atom. The molecule has 1 aromatic carbocycles. The molecule has 0 aliphatic heterocycles. The van der Waals surface area contributed by atoms with Crippen LogP contribution in [0.3, 0.4) is 0 Å². The third kappa shape index (κ3) is 4.09. The number of hydrogen-bond donors (Lipinski definition) is 0. The third-order valence-electron chi connectivity index (χ3n) is 4.26. The molecule has 0 atom stereocenters. The molecule has 0 amide bonds. The predicted octanol–water partition coefficient (Wildman–Crippen LogP) is 5.23. The second-order valence-corrected chi connectivity index (χ2v) is 5.43. The maximum atomic E-state index is 11.9. The lowest BCUT2D eigenvalue weighted by molar-refractivity contribution is 0.311. The Kier molecular flexibility index (Phi) is 5.44. The van der Waals surface area contributed by atoms with Crippen molar-refractivity contribution in [2.24, 2.45) is 5.92 Å². The van der Waals surface area contributed by atoms with E-state index in [1.165, 1.54) is 31.2 Å². The molecule has 0 aromatic heterocycles. The van der Waals surface area contributed by atoms with E-state index in [4.69, 9.17) is 4.74 Å². The summed E-state index contributed by atoms with van der Waals surface area (Å²) in [5, 5.41) is 0. The molecule has 0 radical (unpaired) electrons. The molecule has 1 saturated carbocycles. The van der Waals surface area contributed by atoms with Crippen LogP contribution in [0.2, 0.25) is 0 Å². The summed E-state index contributed by atoms with van der Waals surface area (Å²) in [5.74, 6) is 2.40. The third-order valence-corrected chi connectivity index (χ3v) is 4.26. The minimum absolute atomic E-state index is 0.670. The van der Waals surface area contributed by atoms with Crippen molar-refractivity contribution in [3.63, 3.8) is 0 Å². The van der Waals surface area contributed by atoms with Gasteiger partial charge in [-0.15, -0.1) is 0 Å². The first kappa shape index (κ1) is 14.1. The molecule has 0 spiro atoms. The van der Waals surface area contributed by atoms with E-state index in [-0.39, 0.29) is 0 Å². The maximum absolute atomic E-state index is 11.9. The molecular weight excluding hydrogens is 239 g/mol. The van der Waals surface area contributed by atoms with Crippen LogP contribution in [-0.2, 0) is 0 Å². The molecule has 1 aromatic rings. The fourth-order valence-corrected chi connectivity index (χ4v) is 3.06. The largest absolute Gasteiger partial charge is 0.497 e. The average Bonchev–Trinajstić information content (AvgIpc) is 2.48. The van der Waals surface area contributed by atoms with E-state index < -0.39 is 0 Å². The van der Waals surface area contributed by atoms with Crippen LogP contribution in [0.4, 0.5) is 4.39 Å². The molecule has 0 saturated heterocycles. The van der Waals surface area contributed by atoms with Gasteiger partial charge in [0.25, 0.3) is 0 Å². The van der Waals surface area contributed by atoms with Gasteiger partial charge in [-0.3, -0.25) is 0 Å². The van der Waals surface area contributed by atoms with E-state index in [1.54, 1.807) is 13.2 Å². The standard InChI is InChI=1S/C17H23FO/c1-19-17-11-9-16(10-12-17)15-7-5-14(6-8-15)4-2-3-13-18/h3,9-15H,2,4-8H2,1H3. The number of ether oxygens (including phenoxy) is 1. The van der Waals surface area contributed by atoms with Crippen LogP contribution in [-0.4, -0.2) is 7.11 Å². The predicted molar refractivity (Wildman–Crippen MR) is 77.2 cm³/mol. The number of hydrogen-bond acceptors (Lipinski definition) is 1. The molecule has 104 valence electrons. The number of allylic oxidation sites excluding steroid dienone is 1. The highest BCUT2D eigenvalue weighted by atomic mass is 19.1. The van der Waals surface area contributed by atoms with E-state index in [1.807, 2.05) is 12.1 Å². The van der Waals surface area contributed by atoms with Crippen LogP contribution >= 0.6 is 0 Å². The lowest BCUT2D eigenvalue weighted by Crippen LogP contribution is -2.13. The van der Waals surface area contributed by atoms with Crippen molar-refractivity contribution in [3.05, 3.63) is 42.2 Å². The minimum atomic E-state index is 0.670. The average molecular weight is 262 g/mol. The first-order valence-electron chi connectivity index (χ1n) is 7.22. The first-order valence-corrected chi connectivity index (χ1v) is 7.22. The summed E-state index contributed by atoms with van der Waals surface area (Å²) in [5.41, 5.74) is 1.43. The zero-order valence-electron chi connectivity index (χ0n) is 11.6. The van der Waals surface area contributed by atoms with E-state index in [0.717, 1.165) is 24.5 Å². The van der Waals surface area contributed by atoms with Gasteiger partial charge in [0.1, 0.15) is 5.75 Å². The highest BCUT2D eigenvalue weighted by Gasteiger charge is 2.21. The SMILES string of the molecule is COc1ccc(C2CCC(CCC=CF)CC2)cc1. The Labute approximate surface area is 115 Å². The van der Waals surface area contributed by atoms with Crippen molar-refractivity contribution in [2.45, 2.75) is 44.4 Å². The Bertz CT molecular complexity index is 388. The second-order valence-electron chi connectivity index (χ2n) is 5.43. The number of benzene rings is 1. The van der Waals surface area contributed by atoms with E-state index in [2.05, 4.69) is 12.1 Å². The summed E-state index contributed by atoms with van der Waals surface area (Å²) in [7, 11) is 1.70. The molecule has 1 fully saturated rings. The smallest absolute Gasteiger partial charge is 0.118 e. The molecule has 0 N–H and O–H groups in total. The Hall–Kier alpha value is -1.31. The summed E-state index contributed by atoms with van der Waals surface area (Å²) in [6.07, 6.45) is 9.39. The van der Waals surface area contributed by atoms with Gasteiger partial charge in [0.2, 0.25) is 0 Å². The van der Waals surface area contributed by atoms with Crippen molar-refractivity contribution in [2.75, 3.05) is 7.11 Å². The van der Waals surface area contributed by atoms with Gasteiger partial charge in [0, 0.05) is 0 Å². The normalized spacial score (nSPS) is 23.7. The molecule has 1 nitrogen and oxygen atoms in total. The highest BCUT2D eigenvalue weighted by Crippen LogP contribution is 2.37. The van der Waals surface area contributed by atoms with Crippen LogP contribution in [0, 0.1) is 5.92 Å². The van der Waals surface area contributed by atoms with Gasteiger partial charge in [-0.2, -0.15) is 0 Å². The van der Waals surface area contributed by atoms with Gasteiger partial charge in [-0.05, 0) is 68.1 Å². The van der Waals surface area contributed by atoms with Crippen molar-refractivity contribution >= 4 is 0 Å². The minimum Gasteiger partial charge on any atom is -0.497 e. The summed E-state index contributed by atoms with van der Waals surface area (Å²) in [4.78, 5) is 0. The van der Waals surface area contributed by atoms with E-state index >= 15 is 0 Å². The Morgan fingerprint density at radius 2 is 1.84 bits per heavy atom. The molecule has 0 bridgehead atoms. The Balaban J connectivity index is 1.81. The van der Waals surface area contributed by atoms with Gasteiger partial charge in [0.05, 0.1) is 13.4 Å². The van der Waals surface area contributed by atoms with Gasteiger partial charge in [-0.25, -0.2) is 4.39 Å². The monoisotopic (exact) mass is 262 g/mol.